The van der Waals surface area contributed by atoms with Gasteiger partial charge in [-0.15, -0.1) is 0 Å². The van der Waals surface area contributed by atoms with Crippen LogP contribution in [0.5, 0.6) is 11.5 Å². The number of nitrogens with zero attached hydrogens (tertiary/aromatic N) is 2. The minimum atomic E-state index is -1.59. The van der Waals surface area contributed by atoms with Gasteiger partial charge in [0, 0.05) is 36.8 Å². The fraction of sp³-hybridized carbons (Fsp3) is 0.219. The number of imidazole rings is 1. The van der Waals surface area contributed by atoms with Crippen LogP contribution in [0.3, 0.4) is 0 Å². The molecule has 7 nitrogen and oxygen atoms in total. The van der Waals surface area contributed by atoms with Crippen LogP contribution in [-0.4, -0.2) is 33.5 Å². The van der Waals surface area contributed by atoms with Gasteiger partial charge < -0.3 is 29.0 Å². The van der Waals surface area contributed by atoms with Crippen molar-refractivity contribution in [2.24, 2.45) is 0 Å². The Balaban J connectivity index is 1.29. The number of aliphatic hydroxyl groups is 2. The van der Waals surface area contributed by atoms with E-state index >= 15 is 4.39 Å². The SMILES string of the molecule is COCCn1c(Cc2ccc(-c3cccc4c3OC(c3ccc(C)cc3)O4)cc2F)nc2ccc(C(O)O)cc21. The Morgan fingerprint density at radius 3 is 2.58 bits per heavy atom. The van der Waals surface area contributed by atoms with Crippen molar-refractivity contribution in [3.05, 3.63) is 113 Å². The minimum absolute atomic E-state index is 0.253. The van der Waals surface area contributed by atoms with Gasteiger partial charge in [-0.1, -0.05) is 60.2 Å². The molecule has 2 N–H and O–H groups in total. The first kappa shape index (κ1) is 26.0. The average molecular weight is 541 g/mol. The molecular weight excluding hydrogens is 511 g/mol. The Bertz CT molecular complexity index is 1680. The molecular formula is C32H29FN2O5. The Morgan fingerprint density at radius 1 is 1.00 bits per heavy atom. The van der Waals surface area contributed by atoms with E-state index in [-0.39, 0.29) is 12.2 Å². The Labute approximate surface area is 231 Å². The quantitative estimate of drug-likeness (QED) is 0.241. The van der Waals surface area contributed by atoms with Gasteiger partial charge in [0.1, 0.15) is 11.6 Å². The van der Waals surface area contributed by atoms with E-state index in [1.807, 2.05) is 60.0 Å². The molecule has 204 valence electrons. The summed E-state index contributed by atoms with van der Waals surface area (Å²) in [6.45, 7) is 2.94. The van der Waals surface area contributed by atoms with Gasteiger partial charge in [0.05, 0.1) is 17.6 Å². The molecule has 0 amide bonds. The summed E-state index contributed by atoms with van der Waals surface area (Å²) in [5, 5.41) is 19.2. The van der Waals surface area contributed by atoms with Gasteiger partial charge in [-0.05, 0) is 42.3 Å². The first-order chi connectivity index (χ1) is 19.4. The van der Waals surface area contributed by atoms with E-state index in [0.717, 1.165) is 22.2 Å². The molecule has 0 aliphatic carbocycles. The van der Waals surface area contributed by atoms with Crippen molar-refractivity contribution in [2.75, 3.05) is 13.7 Å². The number of aromatic nitrogens is 2. The Kier molecular flexibility index (Phi) is 6.98. The van der Waals surface area contributed by atoms with E-state index in [1.165, 1.54) is 6.07 Å². The largest absolute Gasteiger partial charge is 0.447 e. The standard InChI is InChI=1S/C32H29FN2O5/c1-19-6-8-20(9-7-19)32-39-28-5-3-4-24(30(28)40-32)21-10-11-22(25(33)16-21)18-29-34-26-13-12-23(31(36)37)17-27(26)35(29)14-15-38-2/h3-13,16-17,31-32,36-37H,14-15,18H2,1-2H3. The van der Waals surface area contributed by atoms with Gasteiger partial charge in [-0.25, -0.2) is 9.37 Å². The number of methoxy groups -OCH3 is 1. The molecule has 1 aromatic heterocycles. The highest BCUT2D eigenvalue weighted by atomic mass is 19.1. The third kappa shape index (κ3) is 4.93. The number of hydrogen-bond donors (Lipinski definition) is 2. The van der Waals surface area contributed by atoms with Gasteiger partial charge >= 0.3 is 0 Å². The van der Waals surface area contributed by atoms with Gasteiger partial charge in [0.2, 0.25) is 0 Å². The van der Waals surface area contributed by atoms with Crippen LogP contribution in [0.15, 0.2) is 78.9 Å². The van der Waals surface area contributed by atoms with Crippen LogP contribution in [0, 0.1) is 12.7 Å². The van der Waals surface area contributed by atoms with E-state index in [1.54, 1.807) is 31.4 Å². The fourth-order valence-electron chi connectivity index (χ4n) is 5.01. The summed E-state index contributed by atoms with van der Waals surface area (Å²) in [6, 6.07) is 23.8. The number of hydrogen-bond acceptors (Lipinski definition) is 6. The van der Waals surface area contributed by atoms with Gasteiger partial charge in [-0.2, -0.15) is 0 Å². The van der Waals surface area contributed by atoms with Gasteiger partial charge in [-0.3, -0.25) is 0 Å². The van der Waals surface area contributed by atoms with Crippen LogP contribution in [0.25, 0.3) is 22.2 Å². The van der Waals surface area contributed by atoms with Crippen molar-refractivity contribution < 1.29 is 28.8 Å². The van der Waals surface area contributed by atoms with Crippen LogP contribution in [-0.2, 0) is 17.7 Å². The number of benzene rings is 4. The van der Waals surface area contributed by atoms with Crippen molar-refractivity contribution in [1.29, 1.82) is 0 Å². The molecule has 0 radical (unpaired) electrons. The molecule has 1 unspecified atom stereocenters. The molecule has 0 fully saturated rings. The maximum Gasteiger partial charge on any atom is 0.268 e. The van der Waals surface area contributed by atoms with Crippen molar-refractivity contribution in [1.82, 2.24) is 9.55 Å². The zero-order valence-electron chi connectivity index (χ0n) is 22.2. The van der Waals surface area contributed by atoms with Crippen LogP contribution < -0.4 is 9.47 Å². The molecule has 6 rings (SSSR count). The van der Waals surface area contributed by atoms with Crippen molar-refractivity contribution in [3.63, 3.8) is 0 Å². The number of para-hydroxylation sites is 1. The number of aliphatic hydroxyl groups excluding tert-OH is 1. The first-order valence-corrected chi connectivity index (χ1v) is 13.1. The molecule has 2 heterocycles. The lowest BCUT2D eigenvalue weighted by molar-refractivity contribution is -0.0424. The fourth-order valence-corrected chi connectivity index (χ4v) is 5.01. The number of ether oxygens (including phenoxy) is 3. The lowest BCUT2D eigenvalue weighted by Gasteiger charge is -2.12. The normalized spacial score (nSPS) is 14.4. The molecule has 8 heteroatoms. The molecule has 1 aliphatic rings. The highest BCUT2D eigenvalue weighted by Crippen LogP contribution is 2.46. The summed E-state index contributed by atoms with van der Waals surface area (Å²) in [6.07, 6.45) is -1.90. The number of aryl methyl sites for hydroxylation is 1. The highest BCUT2D eigenvalue weighted by Gasteiger charge is 2.28. The van der Waals surface area contributed by atoms with E-state index in [2.05, 4.69) is 0 Å². The molecule has 0 saturated carbocycles. The van der Waals surface area contributed by atoms with Crippen molar-refractivity contribution in [3.8, 4) is 22.6 Å². The molecule has 5 aromatic rings. The maximum atomic E-state index is 15.6. The summed E-state index contributed by atoms with van der Waals surface area (Å²) in [5.41, 5.74) is 5.76. The predicted octanol–water partition coefficient (Wildman–Crippen LogP) is 5.84. The summed E-state index contributed by atoms with van der Waals surface area (Å²) in [4.78, 5) is 4.71. The van der Waals surface area contributed by atoms with E-state index < -0.39 is 12.6 Å². The second kappa shape index (κ2) is 10.7. The highest BCUT2D eigenvalue weighted by molar-refractivity contribution is 5.77. The summed E-state index contributed by atoms with van der Waals surface area (Å²) >= 11 is 0. The summed E-state index contributed by atoms with van der Waals surface area (Å²) in [7, 11) is 1.61. The van der Waals surface area contributed by atoms with Gasteiger partial charge in [0.15, 0.2) is 17.8 Å². The smallest absolute Gasteiger partial charge is 0.268 e. The molecule has 0 saturated heterocycles. The number of halogens is 1. The lowest BCUT2D eigenvalue weighted by Crippen LogP contribution is -2.10. The van der Waals surface area contributed by atoms with E-state index in [0.29, 0.717) is 52.7 Å². The molecule has 0 bridgehead atoms. The summed E-state index contributed by atoms with van der Waals surface area (Å²) < 4.78 is 35.0. The second-order valence-corrected chi connectivity index (χ2v) is 9.89. The molecule has 1 aliphatic heterocycles. The predicted molar refractivity (Wildman–Crippen MR) is 149 cm³/mol. The van der Waals surface area contributed by atoms with Crippen LogP contribution in [0.4, 0.5) is 4.39 Å². The maximum absolute atomic E-state index is 15.6. The monoisotopic (exact) mass is 540 g/mol. The molecule has 0 spiro atoms. The molecule has 4 aromatic carbocycles. The first-order valence-electron chi connectivity index (χ1n) is 13.1. The van der Waals surface area contributed by atoms with Crippen LogP contribution >= 0.6 is 0 Å². The Hall–Kier alpha value is -4.24. The minimum Gasteiger partial charge on any atom is -0.447 e. The summed E-state index contributed by atoms with van der Waals surface area (Å²) in [5.74, 6) is 1.50. The number of rotatable bonds is 8. The van der Waals surface area contributed by atoms with Crippen molar-refractivity contribution >= 4 is 11.0 Å². The second-order valence-electron chi connectivity index (χ2n) is 9.89. The number of fused-ring (bicyclic) bond motifs is 2. The lowest BCUT2D eigenvalue weighted by atomic mass is 10.0. The van der Waals surface area contributed by atoms with Gasteiger partial charge in [0.25, 0.3) is 6.29 Å². The third-order valence-corrected chi connectivity index (χ3v) is 7.17. The molecule has 1 atom stereocenters. The Morgan fingerprint density at radius 2 is 1.82 bits per heavy atom. The van der Waals surface area contributed by atoms with E-state index in [9.17, 15) is 10.2 Å². The average Bonchev–Trinajstić information content (AvgIpc) is 3.54. The zero-order valence-corrected chi connectivity index (χ0v) is 22.2. The van der Waals surface area contributed by atoms with Crippen molar-refractivity contribution in [2.45, 2.75) is 32.5 Å². The third-order valence-electron chi connectivity index (χ3n) is 7.17. The van der Waals surface area contributed by atoms with E-state index in [4.69, 9.17) is 19.2 Å². The molecule has 40 heavy (non-hydrogen) atoms. The topological polar surface area (TPSA) is 86.0 Å². The van der Waals surface area contributed by atoms with Crippen LogP contribution in [0.2, 0.25) is 0 Å². The zero-order chi connectivity index (χ0) is 27.8. The van der Waals surface area contributed by atoms with Crippen LogP contribution in [0.1, 0.15) is 40.7 Å².